The fourth-order valence-corrected chi connectivity index (χ4v) is 1.54. The maximum absolute atomic E-state index is 10.9. The molecule has 0 spiro atoms. The molecule has 0 aromatic heterocycles. The van der Waals surface area contributed by atoms with Crippen molar-refractivity contribution in [2.24, 2.45) is 0 Å². The maximum Gasteiger partial charge on any atom is 0.306 e. The van der Waals surface area contributed by atoms with Gasteiger partial charge in [0.2, 0.25) is 5.75 Å². The monoisotopic (exact) mass is 232 g/mol. The van der Waals surface area contributed by atoms with Crippen LogP contribution in [0.5, 0.6) is 17.2 Å². The predicted octanol–water partition coefficient (Wildman–Crippen LogP) is 1.04. The predicted molar refractivity (Wildman–Crippen MR) is 55.0 cm³/mol. The van der Waals surface area contributed by atoms with Crippen molar-refractivity contribution in [1.29, 1.82) is 0 Å². The molecular weight excluding hydrogens is 220 g/mol. The zero-order valence-corrected chi connectivity index (χ0v) is 9.50. The van der Waals surface area contributed by atoms with E-state index in [9.17, 15) is 8.42 Å². The topological polar surface area (TPSA) is 61.8 Å². The molecule has 0 atom stereocenters. The summed E-state index contributed by atoms with van der Waals surface area (Å²) in [6.45, 7) is 0. The van der Waals surface area contributed by atoms with Crippen molar-refractivity contribution in [3.63, 3.8) is 0 Å². The van der Waals surface area contributed by atoms with Gasteiger partial charge in [-0.15, -0.1) is 0 Å². The third-order valence-electron chi connectivity index (χ3n) is 1.61. The lowest BCUT2D eigenvalue weighted by Crippen LogP contribution is -2.07. The summed E-state index contributed by atoms with van der Waals surface area (Å²) in [7, 11) is -0.700. The van der Waals surface area contributed by atoms with E-state index in [2.05, 4.69) is 0 Å². The zero-order valence-electron chi connectivity index (χ0n) is 8.68. The molecule has 1 rings (SSSR count). The highest BCUT2D eigenvalue weighted by molar-refractivity contribution is 7.86. The molecule has 0 N–H and O–H groups in total. The van der Waals surface area contributed by atoms with Crippen molar-refractivity contribution < 1.29 is 22.1 Å². The molecule has 0 heterocycles. The van der Waals surface area contributed by atoms with Gasteiger partial charge in [-0.2, -0.15) is 8.42 Å². The fraction of sp³-hybridized carbons (Fsp3) is 0.333. The van der Waals surface area contributed by atoms with Gasteiger partial charge in [0, 0.05) is 0 Å². The van der Waals surface area contributed by atoms with Crippen LogP contribution in [0, 0.1) is 0 Å². The van der Waals surface area contributed by atoms with E-state index in [1.807, 2.05) is 0 Å². The minimum absolute atomic E-state index is 0.111. The third-order valence-corrected chi connectivity index (χ3v) is 2.09. The van der Waals surface area contributed by atoms with Crippen molar-refractivity contribution in [2.75, 3.05) is 20.5 Å². The standard InChI is InChI=1S/C9H12O5S/c1-12-7-5-4-6-8(9(7)13-2)14-15(3,10)11/h4-6H,1-3H3. The Labute approximate surface area is 88.7 Å². The van der Waals surface area contributed by atoms with Crippen molar-refractivity contribution in [1.82, 2.24) is 0 Å². The molecule has 1 aromatic rings. The normalized spacial score (nSPS) is 10.9. The van der Waals surface area contributed by atoms with Crippen LogP contribution in [-0.4, -0.2) is 28.9 Å². The van der Waals surface area contributed by atoms with Gasteiger partial charge in [-0.05, 0) is 12.1 Å². The quantitative estimate of drug-likeness (QED) is 0.726. The van der Waals surface area contributed by atoms with Gasteiger partial charge in [0.15, 0.2) is 11.5 Å². The average molecular weight is 232 g/mol. The van der Waals surface area contributed by atoms with Crippen LogP contribution in [-0.2, 0) is 10.1 Å². The molecule has 0 fully saturated rings. The smallest absolute Gasteiger partial charge is 0.306 e. The van der Waals surface area contributed by atoms with Gasteiger partial charge >= 0.3 is 10.1 Å². The Morgan fingerprint density at radius 1 is 1.07 bits per heavy atom. The van der Waals surface area contributed by atoms with E-state index in [1.54, 1.807) is 12.1 Å². The summed E-state index contributed by atoms with van der Waals surface area (Å²) in [5.41, 5.74) is 0. The van der Waals surface area contributed by atoms with Gasteiger partial charge in [-0.25, -0.2) is 0 Å². The van der Waals surface area contributed by atoms with Crippen LogP contribution in [0.4, 0.5) is 0 Å². The lowest BCUT2D eigenvalue weighted by atomic mass is 10.3. The summed E-state index contributed by atoms with van der Waals surface area (Å²) in [6.07, 6.45) is 0.964. The molecule has 0 saturated heterocycles. The molecule has 0 aliphatic carbocycles. The second-order valence-corrected chi connectivity index (χ2v) is 4.35. The molecular formula is C9H12O5S. The summed E-state index contributed by atoms with van der Waals surface area (Å²) >= 11 is 0. The van der Waals surface area contributed by atoms with Crippen LogP contribution >= 0.6 is 0 Å². The summed E-state index contributed by atoms with van der Waals surface area (Å²) in [5.74, 6) is 0.781. The summed E-state index contributed by atoms with van der Waals surface area (Å²) in [6, 6.07) is 4.75. The van der Waals surface area contributed by atoms with E-state index in [-0.39, 0.29) is 11.5 Å². The van der Waals surface area contributed by atoms with E-state index < -0.39 is 10.1 Å². The molecule has 15 heavy (non-hydrogen) atoms. The van der Waals surface area contributed by atoms with E-state index >= 15 is 0 Å². The van der Waals surface area contributed by atoms with E-state index in [4.69, 9.17) is 13.7 Å². The van der Waals surface area contributed by atoms with Crippen molar-refractivity contribution in [3.8, 4) is 17.2 Å². The molecule has 0 aliphatic heterocycles. The maximum atomic E-state index is 10.9. The average Bonchev–Trinajstić information content (AvgIpc) is 2.15. The molecule has 5 nitrogen and oxygen atoms in total. The minimum atomic E-state index is -3.57. The number of rotatable bonds is 4. The highest BCUT2D eigenvalue weighted by Gasteiger charge is 2.14. The van der Waals surface area contributed by atoms with Crippen LogP contribution in [0.15, 0.2) is 18.2 Å². The van der Waals surface area contributed by atoms with Crippen LogP contribution in [0.25, 0.3) is 0 Å². The Balaban J connectivity index is 3.18. The molecule has 0 amide bonds. The molecule has 0 bridgehead atoms. The number of hydrogen-bond acceptors (Lipinski definition) is 5. The van der Waals surface area contributed by atoms with Crippen LogP contribution in [0.2, 0.25) is 0 Å². The molecule has 84 valence electrons. The lowest BCUT2D eigenvalue weighted by molar-refractivity contribution is 0.343. The number of para-hydroxylation sites is 1. The molecule has 0 saturated carbocycles. The highest BCUT2D eigenvalue weighted by Crippen LogP contribution is 2.37. The molecule has 6 heteroatoms. The number of ether oxygens (including phenoxy) is 2. The lowest BCUT2D eigenvalue weighted by Gasteiger charge is -2.11. The fourth-order valence-electron chi connectivity index (χ4n) is 1.09. The van der Waals surface area contributed by atoms with Gasteiger partial charge in [0.05, 0.1) is 20.5 Å². The Morgan fingerprint density at radius 3 is 2.13 bits per heavy atom. The molecule has 1 aromatic carbocycles. The van der Waals surface area contributed by atoms with Crippen molar-refractivity contribution >= 4 is 10.1 Å². The SMILES string of the molecule is COc1cccc(OS(C)(=O)=O)c1OC. The Bertz CT molecular complexity index is 438. The Kier molecular flexibility index (Phi) is 3.41. The second kappa shape index (κ2) is 4.39. The number of benzene rings is 1. The van der Waals surface area contributed by atoms with E-state index in [1.165, 1.54) is 20.3 Å². The Hall–Kier alpha value is -1.43. The largest absolute Gasteiger partial charge is 0.493 e. The molecule has 0 aliphatic rings. The molecule has 0 radical (unpaired) electrons. The van der Waals surface area contributed by atoms with E-state index in [0.717, 1.165) is 6.26 Å². The third kappa shape index (κ3) is 3.02. The van der Waals surface area contributed by atoms with Crippen molar-refractivity contribution in [2.45, 2.75) is 0 Å². The van der Waals surface area contributed by atoms with Crippen molar-refractivity contribution in [3.05, 3.63) is 18.2 Å². The first-order valence-corrected chi connectivity index (χ1v) is 5.90. The van der Waals surface area contributed by atoms with Gasteiger partial charge in [-0.1, -0.05) is 6.07 Å². The van der Waals surface area contributed by atoms with Gasteiger partial charge in [0.25, 0.3) is 0 Å². The van der Waals surface area contributed by atoms with Gasteiger partial charge in [-0.3, -0.25) is 0 Å². The second-order valence-electron chi connectivity index (χ2n) is 2.78. The van der Waals surface area contributed by atoms with Gasteiger partial charge in [0.1, 0.15) is 0 Å². The van der Waals surface area contributed by atoms with Gasteiger partial charge < -0.3 is 13.7 Å². The minimum Gasteiger partial charge on any atom is -0.493 e. The first-order chi connectivity index (χ1) is 6.98. The number of methoxy groups -OCH3 is 2. The summed E-state index contributed by atoms with van der Waals surface area (Å²) in [4.78, 5) is 0. The first kappa shape index (κ1) is 11.6. The van der Waals surface area contributed by atoms with E-state index in [0.29, 0.717) is 5.75 Å². The number of hydrogen-bond donors (Lipinski definition) is 0. The highest BCUT2D eigenvalue weighted by atomic mass is 32.2. The zero-order chi connectivity index (χ0) is 11.5. The van der Waals surface area contributed by atoms with Crippen LogP contribution in [0.1, 0.15) is 0 Å². The first-order valence-electron chi connectivity index (χ1n) is 4.08. The summed E-state index contributed by atoms with van der Waals surface area (Å²) < 4.78 is 36.6. The Morgan fingerprint density at radius 2 is 1.67 bits per heavy atom. The molecule has 0 unspecified atom stereocenters. The summed E-state index contributed by atoms with van der Waals surface area (Å²) in [5, 5.41) is 0. The van der Waals surface area contributed by atoms with Crippen LogP contribution < -0.4 is 13.7 Å². The van der Waals surface area contributed by atoms with Crippen LogP contribution in [0.3, 0.4) is 0 Å².